The number of pyridine rings is 2. The van der Waals surface area contributed by atoms with Gasteiger partial charge in [-0.3, -0.25) is 9.97 Å². The van der Waals surface area contributed by atoms with Crippen LogP contribution >= 0.6 is 0 Å². The van der Waals surface area contributed by atoms with E-state index in [1.165, 1.54) is 32.6 Å². The van der Waals surface area contributed by atoms with Crippen molar-refractivity contribution in [1.29, 1.82) is 0 Å². The molecule has 7 aromatic rings. The molecule has 144 valence electrons. The Morgan fingerprint density at radius 3 is 2.10 bits per heavy atom. The number of nitrogens with zero attached hydrogens (tertiary/aromatic N) is 3. The predicted octanol–water partition coefficient (Wildman–Crippen LogP) is 7.03. The van der Waals surface area contributed by atoms with Gasteiger partial charge in [-0.2, -0.15) is 0 Å². The fraction of sp³-hybridized carbons (Fsp3) is 0. The van der Waals surface area contributed by atoms with Crippen LogP contribution < -0.4 is 0 Å². The molecular weight excluding hydrogens is 378 g/mol. The molecule has 0 amide bonds. The fourth-order valence-corrected chi connectivity index (χ4v) is 4.93. The maximum Gasteiger partial charge on any atom is 0.0986 e. The summed E-state index contributed by atoms with van der Waals surface area (Å²) in [5.74, 6) is 0. The molecule has 0 aliphatic carbocycles. The number of hydrogen-bond donors (Lipinski definition) is 0. The zero-order valence-electron chi connectivity index (χ0n) is 16.7. The van der Waals surface area contributed by atoms with E-state index >= 15 is 0 Å². The Kier molecular flexibility index (Phi) is 3.27. The maximum absolute atomic E-state index is 4.74. The minimum Gasteiger partial charge on any atom is -0.309 e. The summed E-state index contributed by atoms with van der Waals surface area (Å²) in [5, 5.41) is 7.19. The summed E-state index contributed by atoms with van der Waals surface area (Å²) in [5.41, 5.74) is 5.41. The Morgan fingerprint density at radius 2 is 1.23 bits per heavy atom. The van der Waals surface area contributed by atoms with Gasteiger partial charge in [-0.1, -0.05) is 54.6 Å². The van der Waals surface area contributed by atoms with Gasteiger partial charge in [0.25, 0.3) is 0 Å². The Hall–Kier alpha value is -4.24. The van der Waals surface area contributed by atoms with Crippen molar-refractivity contribution in [2.24, 2.45) is 0 Å². The van der Waals surface area contributed by atoms with Gasteiger partial charge in [0.1, 0.15) is 0 Å². The average molecular weight is 395 g/mol. The number of hydrogen-bond acceptors (Lipinski definition) is 2. The van der Waals surface area contributed by atoms with Crippen molar-refractivity contribution >= 4 is 54.4 Å². The highest BCUT2D eigenvalue weighted by Crippen LogP contribution is 2.41. The molecule has 3 heterocycles. The van der Waals surface area contributed by atoms with Crippen molar-refractivity contribution in [1.82, 2.24) is 14.5 Å². The van der Waals surface area contributed by atoms with Gasteiger partial charge in [0.2, 0.25) is 0 Å². The van der Waals surface area contributed by atoms with Gasteiger partial charge in [-0.15, -0.1) is 0 Å². The van der Waals surface area contributed by atoms with E-state index in [1.54, 1.807) is 0 Å². The summed E-state index contributed by atoms with van der Waals surface area (Å²) < 4.78 is 2.38. The lowest BCUT2D eigenvalue weighted by Gasteiger charge is -2.12. The molecule has 0 unspecified atom stereocenters. The van der Waals surface area contributed by atoms with Gasteiger partial charge >= 0.3 is 0 Å². The third-order valence-corrected chi connectivity index (χ3v) is 6.23. The Labute approximate surface area is 178 Å². The van der Waals surface area contributed by atoms with Crippen molar-refractivity contribution in [3.05, 3.63) is 103 Å². The quantitative estimate of drug-likeness (QED) is 0.279. The molecular formula is C28H17N3. The molecule has 3 nitrogen and oxygen atoms in total. The minimum absolute atomic E-state index is 0.940. The maximum atomic E-state index is 4.74. The standard InChI is InChI=1S/C28H17N3/c1-2-8-19-17-20(14-13-18(19)7-1)31-24-12-4-3-9-21(24)25-22-10-5-15-29-26(22)27-23(28(25)31)11-6-16-30-27/h1-17H. The minimum atomic E-state index is 0.940. The fourth-order valence-electron chi connectivity index (χ4n) is 4.93. The summed E-state index contributed by atoms with van der Waals surface area (Å²) in [6, 6.07) is 32.2. The Morgan fingerprint density at radius 1 is 0.548 bits per heavy atom. The van der Waals surface area contributed by atoms with Gasteiger partial charge in [0.15, 0.2) is 0 Å². The lowest BCUT2D eigenvalue weighted by Crippen LogP contribution is -1.95. The molecule has 0 atom stereocenters. The van der Waals surface area contributed by atoms with Crippen LogP contribution in [0.15, 0.2) is 103 Å². The molecule has 0 aliphatic heterocycles. The van der Waals surface area contributed by atoms with Crippen molar-refractivity contribution in [3.8, 4) is 5.69 Å². The zero-order valence-corrected chi connectivity index (χ0v) is 16.7. The van der Waals surface area contributed by atoms with Crippen LogP contribution in [0.5, 0.6) is 0 Å². The van der Waals surface area contributed by atoms with Crippen LogP contribution in [0.3, 0.4) is 0 Å². The first-order valence-corrected chi connectivity index (χ1v) is 10.4. The number of para-hydroxylation sites is 1. The van der Waals surface area contributed by atoms with E-state index in [0.717, 1.165) is 27.5 Å². The van der Waals surface area contributed by atoms with Crippen molar-refractivity contribution < 1.29 is 0 Å². The van der Waals surface area contributed by atoms with E-state index in [4.69, 9.17) is 9.97 Å². The van der Waals surface area contributed by atoms with E-state index in [9.17, 15) is 0 Å². The van der Waals surface area contributed by atoms with Crippen molar-refractivity contribution in [2.45, 2.75) is 0 Å². The molecule has 31 heavy (non-hydrogen) atoms. The monoisotopic (exact) mass is 395 g/mol. The number of fused-ring (bicyclic) bond motifs is 9. The highest BCUT2D eigenvalue weighted by Gasteiger charge is 2.19. The van der Waals surface area contributed by atoms with Gasteiger partial charge in [-0.05, 0) is 47.2 Å². The lowest BCUT2D eigenvalue weighted by atomic mass is 10.0. The summed E-state index contributed by atoms with van der Waals surface area (Å²) in [6.45, 7) is 0. The smallest absolute Gasteiger partial charge is 0.0986 e. The molecule has 3 heteroatoms. The Balaban J connectivity index is 1.78. The molecule has 0 saturated heterocycles. The van der Waals surface area contributed by atoms with Crippen LogP contribution in [0.1, 0.15) is 0 Å². The number of aromatic nitrogens is 3. The second-order valence-electron chi connectivity index (χ2n) is 7.91. The van der Waals surface area contributed by atoms with Gasteiger partial charge in [0, 0.05) is 39.6 Å². The van der Waals surface area contributed by atoms with Crippen LogP contribution in [0, 0.1) is 0 Å². The van der Waals surface area contributed by atoms with Crippen LogP contribution in [0.25, 0.3) is 60.1 Å². The molecule has 0 spiro atoms. The highest BCUT2D eigenvalue weighted by molar-refractivity contribution is 6.30. The molecule has 3 aromatic heterocycles. The normalized spacial score (nSPS) is 11.9. The summed E-state index contributed by atoms with van der Waals surface area (Å²) in [4.78, 5) is 9.46. The van der Waals surface area contributed by atoms with E-state index in [0.29, 0.717) is 0 Å². The molecule has 0 aliphatic rings. The van der Waals surface area contributed by atoms with Crippen molar-refractivity contribution in [2.75, 3.05) is 0 Å². The summed E-state index contributed by atoms with van der Waals surface area (Å²) in [7, 11) is 0. The zero-order chi connectivity index (χ0) is 20.4. The summed E-state index contributed by atoms with van der Waals surface area (Å²) >= 11 is 0. The van der Waals surface area contributed by atoms with E-state index in [2.05, 4.69) is 83.4 Å². The van der Waals surface area contributed by atoms with Crippen LogP contribution in [0.2, 0.25) is 0 Å². The molecule has 0 radical (unpaired) electrons. The molecule has 7 rings (SSSR count). The Bertz CT molecular complexity index is 1790. The van der Waals surface area contributed by atoms with E-state index < -0.39 is 0 Å². The third-order valence-electron chi connectivity index (χ3n) is 6.23. The van der Waals surface area contributed by atoms with Gasteiger partial charge in [-0.25, -0.2) is 0 Å². The average Bonchev–Trinajstić information content (AvgIpc) is 3.20. The van der Waals surface area contributed by atoms with Gasteiger partial charge < -0.3 is 4.57 Å². The van der Waals surface area contributed by atoms with Crippen LogP contribution in [-0.2, 0) is 0 Å². The topological polar surface area (TPSA) is 30.7 Å². The largest absolute Gasteiger partial charge is 0.309 e. The lowest BCUT2D eigenvalue weighted by molar-refractivity contribution is 1.19. The van der Waals surface area contributed by atoms with Crippen LogP contribution in [-0.4, -0.2) is 14.5 Å². The van der Waals surface area contributed by atoms with E-state index in [-0.39, 0.29) is 0 Å². The highest BCUT2D eigenvalue weighted by atomic mass is 15.0. The SMILES string of the molecule is c1ccc2cc(-n3c4ccccc4c4c5cccnc5c5ncccc5c43)ccc2c1. The first kappa shape index (κ1) is 16.5. The van der Waals surface area contributed by atoms with Crippen LogP contribution in [0.4, 0.5) is 0 Å². The van der Waals surface area contributed by atoms with E-state index in [1.807, 2.05) is 24.5 Å². The van der Waals surface area contributed by atoms with Crippen molar-refractivity contribution in [3.63, 3.8) is 0 Å². The summed E-state index contributed by atoms with van der Waals surface area (Å²) in [6.07, 6.45) is 3.70. The molecule has 0 fully saturated rings. The second kappa shape index (κ2) is 6.13. The van der Waals surface area contributed by atoms with Gasteiger partial charge in [0.05, 0.1) is 22.1 Å². The molecule has 0 saturated carbocycles. The first-order valence-electron chi connectivity index (χ1n) is 10.4. The molecule has 0 N–H and O–H groups in total. The number of benzene rings is 4. The predicted molar refractivity (Wildman–Crippen MR) is 129 cm³/mol. The molecule has 4 aromatic carbocycles. The third kappa shape index (κ3) is 2.23. The first-order chi connectivity index (χ1) is 15.4. The number of rotatable bonds is 1. The molecule has 0 bridgehead atoms. The second-order valence-corrected chi connectivity index (χ2v) is 7.91.